The van der Waals surface area contributed by atoms with E-state index in [0.717, 1.165) is 11.1 Å². The minimum Gasteiger partial charge on any atom is -0.444 e. The van der Waals surface area contributed by atoms with Crippen LogP contribution in [0.2, 0.25) is 0 Å². The molecule has 168 valence electrons. The number of halogens is 1. The zero-order valence-electron chi connectivity index (χ0n) is 18.6. The van der Waals surface area contributed by atoms with Crippen LogP contribution in [0.15, 0.2) is 48.5 Å². The van der Waals surface area contributed by atoms with Crippen LogP contribution in [0.3, 0.4) is 0 Å². The molecule has 2 aromatic rings. The third-order valence-electron chi connectivity index (χ3n) is 4.21. The van der Waals surface area contributed by atoms with Gasteiger partial charge in [-0.15, -0.1) is 0 Å². The summed E-state index contributed by atoms with van der Waals surface area (Å²) in [6, 6.07) is 13.9. The van der Waals surface area contributed by atoms with E-state index in [-0.39, 0.29) is 16.9 Å². The summed E-state index contributed by atoms with van der Waals surface area (Å²) in [5, 5.41) is 0.114. The van der Waals surface area contributed by atoms with Crippen LogP contribution in [0.4, 0.5) is 9.18 Å². The van der Waals surface area contributed by atoms with Gasteiger partial charge in [-0.2, -0.15) is 4.83 Å². The van der Waals surface area contributed by atoms with Gasteiger partial charge >= 0.3 is 6.09 Å². The zero-order valence-corrected chi connectivity index (χ0v) is 19.4. The summed E-state index contributed by atoms with van der Waals surface area (Å²) in [6.07, 6.45) is -0.349. The van der Waals surface area contributed by atoms with Crippen molar-refractivity contribution in [2.45, 2.75) is 45.5 Å². The van der Waals surface area contributed by atoms with Gasteiger partial charge in [0, 0.05) is 13.1 Å². The first-order valence-electron chi connectivity index (χ1n) is 10.3. The fourth-order valence-electron chi connectivity index (χ4n) is 2.72. The van der Waals surface area contributed by atoms with Crippen LogP contribution in [0.1, 0.15) is 45.0 Å². The molecule has 2 aromatic carbocycles. The van der Waals surface area contributed by atoms with Crippen molar-refractivity contribution >= 4 is 23.9 Å². The lowest BCUT2D eigenvalue weighted by atomic mass is 10.0. The van der Waals surface area contributed by atoms with Gasteiger partial charge in [0.15, 0.2) is 0 Å². The van der Waals surface area contributed by atoms with Gasteiger partial charge in [0.25, 0.3) is 5.91 Å². The van der Waals surface area contributed by atoms with Gasteiger partial charge in [-0.1, -0.05) is 62.2 Å². The highest BCUT2D eigenvalue weighted by molar-refractivity contribution is 7.98. The van der Waals surface area contributed by atoms with Gasteiger partial charge < -0.3 is 9.64 Å². The Hall–Kier alpha value is -2.58. The monoisotopic (exact) mass is 447 g/mol. The van der Waals surface area contributed by atoms with Gasteiger partial charge in [-0.3, -0.25) is 10.2 Å². The maximum Gasteiger partial charge on any atom is 0.410 e. The predicted octanol–water partition coefficient (Wildman–Crippen LogP) is 5.02. The number of nitrogens with zero attached hydrogens (tertiary/aromatic N) is 1. The molecule has 0 aliphatic carbocycles. The van der Waals surface area contributed by atoms with Crippen molar-refractivity contribution in [2.24, 2.45) is 0 Å². The highest BCUT2D eigenvalue weighted by atomic mass is 32.2. The number of amides is 2. The minimum atomic E-state index is -0.589. The molecule has 1 aliphatic heterocycles. The van der Waals surface area contributed by atoms with Crippen LogP contribution in [-0.2, 0) is 4.74 Å². The van der Waals surface area contributed by atoms with E-state index in [9.17, 15) is 14.0 Å². The molecule has 0 radical (unpaired) electrons. The Morgan fingerprint density at radius 1 is 1.06 bits per heavy atom. The smallest absolute Gasteiger partial charge is 0.410 e. The van der Waals surface area contributed by atoms with Gasteiger partial charge in [0.05, 0.1) is 10.8 Å². The molecule has 1 heterocycles. The molecule has 0 atom stereocenters. The van der Waals surface area contributed by atoms with Crippen molar-refractivity contribution in [2.75, 3.05) is 13.1 Å². The second-order valence-electron chi connectivity index (χ2n) is 7.74. The van der Waals surface area contributed by atoms with Crippen molar-refractivity contribution in [3.63, 3.8) is 0 Å². The molecule has 6 nitrogen and oxygen atoms in total. The minimum absolute atomic E-state index is 0.0385. The largest absolute Gasteiger partial charge is 0.444 e. The summed E-state index contributed by atoms with van der Waals surface area (Å²) in [7, 11) is 0. The number of hydrazine groups is 1. The van der Waals surface area contributed by atoms with E-state index in [1.54, 1.807) is 11.0 Å². The van der Waals surface area contributed by atoms with Gasteiger partial charge in [-0.25, -0.2) is 9.18 Å². The van der Waals surface area contributed by atoms with E-state index >= 15 is 0 Å². The first kappa shape index (κ1) is 24.7. The number of hydrogen-bond acceptors (Lipinski definition) is 5. The Morgan fingerprint density at radius 2 is 1.71 bits per heavy atom. The van der Waals surface area contributed by atoms with E-state index in [1.807, 2.05) is 65.0 Å². The summed E-state index contributed by atoms with van der Waals surface area (Å²) in [5.41, 5.74) is 3.60. The molecule has 2 N–H and O–H groups in total. The Kier molecular flexibility index (Phi) is 8.88. The molecular weight excluding hydrogens is 417 g/mol. The summed E-state index contributed by atoms with van der Waals surface area (Å²) in [5.74, 6) is -1.15. The first-order chi connectivity index (χ1) is 14.7. The maximum atomic E-state index is 14.1. The predicted molar refractivity (Wildman–Crippen MR) is 123 cm³/mol. The lowest BCUT2D eigenvalue weighted by molar-refractivity contribution is 0.0143. The third kappa shape index (κ3) is 7.25. The van der Waals surface area contributed by atoms with Crippen LogP contribution in [0.5, 0.6) is 0 Å². The number of carbonyl (C=O) groups is 2. The number of nitrogens with one attached hydrogen (secondary N) is 2. The standard InChI is InChI=1S/C21H24FN3O3S.C2H6/c1-21(2,3)28-20(27)25-12-16(13-25)29-24-23-19(26)17-11-15(9-10-18(17)22)14-7-5-4-6-8-14;1-2/h4-11,16,24H,12-13H2,1-3H3,(H,23,26);1-2H3. The topological polar surface area (TPSA) is 70.7 Å². The van der Waals surface area contributed by atoms with Gasteiger partial charge in [0.2, 0.25) is 0 Å². The van der Waals surface area contributed by atoms with Crippen LogP contribution >= 0.6 is 11.9 Å². The summed E-state index contributed by atoms with van der Waals surface area (Å²) < 4.78 is 19.4. The Bertz CT molecular complexity index is 881. The molecule has 2 amide bonds. The van der Waals surface area contributed by atoms with E-state index in [4.69, 9.17) is 4.74 Å². The molecule has 0 unspecified atom stereocenters. The van der Waals surface area contributed by atoms with Crippen LogP contribution in [-0.4, -0.2) is 40.8 Å². The van der Waals surface area contributed by atoms with Crippen molar-refractivity contribution in [3.05, 3.63) is 59.9 Å². The highest BCUT2D eigenvalue weighted by Crippen LogP contribution is 2.23. The quantitative estimate of drug-likeness (QED) is 0.497. The molecule has 31 heavy (non-hydrogen) atoms. The molecule has 0 saturated carbocycles. The molecule has 8 heteroatoms. The third-order valence-corrected chi connectivity index (χ3v) is 5.06. The van der Waals surface area contributed by atoms with Crippen molar-refractivity contribution in [3.8, 4) is 11.1 Å². The van der Waals surface area contributed by atoms with Gasteiger partial charge in [-0.05, 0) is 44.0 Å². The molecule has 1 aliphatic rings. The van der Waals surface area contributed by atoms with Crippen molar-refractivity contribution in [1.82, 2.24) is 15.2 Å². The first-order valence-corrected chi connectivity index (χ1v) is 11.1. The lowest BCUT2D eigenvalue weighted by Gasteiger charge is -2.39. The Morgan fingerprint density at radius 3 is 2.32 bits per heavy atom. The molecule has 0 aromatic heterocycles. The molecule has 3 rings (SSSR count). The van der Waals surface area contributed by atoms with E-state index in [1.165, 1.54) is 24.1 Å². The maximum absolute atomic E-state index is 14.1. The summed E-state index contributed by atoms with van der Waals surface area (Å²) >= 11 is 1.28. The van der Waals surface area contributed by atoms with Crippen LogP contribution < -0.4 is 10.3 Å². The van der Waals surface area contributed by atoms with Crippen molar-refractivity contribution < 1.29 is 18.7 Å². The second-order valence-corrected chi connectivity index (χ2v) is 8.85. The normalized spacial score (nSPS) is 13.5. The number of likely N-dealkylation sites (tertiary alicyclic amines) is 1. The number of benzene rings is 2. The average Bonchev–Trinajstić information content (AvgIpc) is 2.70. The molecule has 0 spiro atoms. The van der Waals surface area contributed by atoms with Gasteiger partial charge in [0.1, 0.15) is 11.4 Å². The second kappa shape index (κ2) is 11.2. The van der Waals surface area contributed by atoms with E-state index in [2.05, 4.69) is 10.3 Å². The zero-order chi connectivity index (χ0) is 23.0. The van der Waals surface area contributed by atoms with Crippen molar-refractivity contribution in [1.29, 1.82) is 0 Å². The van der Waals surface area contributed by atoms with E-state index in [0.29, 0.717) is 13.1 Å². The molecule has 1 saturated heterocycles. The molecule has 1 fully saturated rings. The van der Waals surface area contributed by atoms with Crippen LogP contribution in [0, 0.1) is 5.82 Å². The van der Waals surface area contributed by atoms with Crippen LogP contribution in [0.25, 0.3) is 11.1 Å². The number of hydrogen-bond donors (Lipinski definition) is 2. The average molecular weight is 448 g/mol. The molecular formula is C23H30FN3O3S. The fourth-order valence-corrected chi connectivity index (χ4v) is 3.55. The summed E-state index contributed by atoms with van der Waals surface area (Å²) in [4.78, 5) is 28.6. The highest BCUT2D eigenvalue weighted by Gasteiger charge is 2.34. The summed E-state index contributed by atoms with van der Waals surface area (Å²) in [6.45, 7) is 10.5. The SMILES string of the molecule is CC.CC(C)(C)OC(=O)N1CC(SNNC(=O)c2cc(-c3ccccc3)ccc2F)C1. The number of ether oxygens (including phenoxy) is 1. The lowest BCUT2D eigenvalue weighted by Crippen LogP contribution is -2.54. The Balaban J connectivity index is 0.00000166. The Labute approximate surface area is 187 Å². The van der Waals surface area contributed by atoms with E-state index < -0.39 is 17.3 Å². The number of rotatable bonds is 5. The fraction of sp³-hybridized carbons (Fsp3) is 0.391. The number of carbonyl (C=O) groups excluding carboxylic acids is 2. The molecule has 0 bridgehead atoms.